The number of methoxy groups -OCH3 is 1. The van der Waals surface area contributed by atoms with Crippen LogP contribution in [-0.4, -0.2) is 12.9 Å². The van der Waals surface area contributed by atoms with E-state index in [9.17, 15) is 4.79 Å². The van der Waals surface area contributed by atoms with Crippen LogP contribution in [0.5, 0.6) is 0 Å². The Hall–Kier alpha value is -0.790. The molecule has 0 aromatic heterocycles. The molecule has 0 aromatic carbocycles. The molecule has 2 nitrogen and oxygen atoms in total. The smallest absolute Gasteiger partial charge is 0.140 e. The summed E-state index contributed by atoms with van der Waals surface area (Å²) in [6.07, 6.45) is 6.05. The maximum Gasteiger partial charge on any atom is 0.140 e. The zero-order valence-electron chi connectivity index (χ0n) is 9.88. The summed E-state index contributed by atoms with van der Waals surface area (Å²) in [4.78, 5) is 11.9. The average molecular weight is 208 g/mol. The van der Waals surface area contributed by atoms with Gasteiger partial charge in [0.15, 0.2) is 0 Å². The van der Waals surface area contributed by atoms with Gasteiger partial charge in [-0.25, -0.2) is 0 Å². The number of fused-ring (bicyclic) bond motifs is 1. The van der Waals surface area contributed by atoms with E-state index in [1.165, 1.54) is 6.42 Å². The van der Waals surface area contributed by atoms with Crippen molar-refractivity contribution in [3.8, 4) is 0 Å². The quantitative estimate of drug-likeness (QED) is 0.662. The Morgan fingerprint density at radius 2 is 2.20 bits per heavy atom. The first-order valence-electron chi connectivity index (χ1n) is 5.82. The maximum atomic E-state index is 11.9. The highest BCUT2D eigenvalue weighted by Crippen LogP contribution is 2.48. The van der Waals surface area contributed by atoms with E-state index < -0.39 is 0 Å². The molecule has 1 saturated carbocycles. The molecular weight excluding hydrogens is 188 g/mol. The first-order valence-corrected chi connectivity index (χ1v) is 5.82. The van der Waals surface area contributed by atoms with Crippen molar-refractivity contribution in [2.45, 2.75) is 39.5 Å². The Labute approximate surface area is 91.7 Å². The fourth-order valence-corrected chi connectivity index (χ4v) is 3.13. The minimum atomic E-state index is 0.123. The summed E-state index contributed by atoms with van der Waals surface area (Å²) in [5.74, 6) is 2.06. The molecule has 2 heteroatoms. The van der Waals surface area contributed by atoms with Gasteiger partial charge < -0.3 is 4.74 Å². The maximum absolute atomic E-state index is 11.9. The lowest BCUT2D eigenvalue weighted by Crippen LogP contribution is -2.40. The lowest BCUT2D eigenvalue weighted by molar-refractivity contribution is -0.127. The van der Waals surface area contributed by atoms with Gasteiger partial charge in [0.05, 0.1) is 12.9 Å². The Bertz CT molecular complexity index is 302. The number of carbonyl (C=O) groups is 1. The van der Waals surface area contributed by atoms with Crippen LogP contribution in [0.1, 0.15) is 39.5 Å². The molecule has 2 aliphatic rings. The molecule has 0 spiro atoms. The molecule has 2 unspecified atom stereocenters. The van der Waals surface area contributed by atoms with Crippen LogP contribution in [0, 0.1) is 17.3 Å². The molecule has 0 bridgehead atoms. The summed E-state index contributed by atoms with van der Waals surface area (Å²) in [6.45, 7) is 4.52. The van der Waals surface area contributed by atoms with Crippen LogP contribution in [0.3, 0.4) is 0 Å². The van der Waals surface area contributed by atoms with E-state index in [-0.39, 0.29) is 11.3 Å². The van der Waals surface area contributed by atoms with Crippen molar-refractivity contribution < 1.29 is 9.53 Å². The van der Waals surface area contributed by atoms with Crippen molar-refractivity contribution >= 4 is 5.78 Å². The number of allylic oxidation sites excluding steroid dienone is 2. The summed E-state index contributed by atoms with van der Waals surface area (Å²) in [6, 6.07) is 0. The highest BCUT2D eigenvalue weighted by Gasteiger charge is 2.43. The van der Waals surface area contributed by atoms with Crippen molar-refractivity contribution in [2.24, 2.45) is 17.3 Å². The normalized spacial score (nSPS) is 34.3. The highest BCUT2D eigenvalue weighted by molar-refractivity contribution is 5.84. The Morgan fingerprint density at radius 1 is 1.47 bits per heavy atom. The molecule has 0 N–H and O–H groups in total. The van der Waals surface area contributed by atoms with E-state index in [0.717, 1.165) is 25.0 Å². The van der Waals surface area contributed by atoms with Gasteiger partial charge in [0, 0.05) is 18.8 Å². The second-order valence-electron chi connectivity index (χ2n) is 5.49. The third kappa shape index (κ3) is 1.82. The van der Waals surface area contributed by atoms with Crippen molar-refractivity contribution in [1.82, 2.24) is 0 Å². The summed E-state index contributed by atoms with van der Waals surface area (Å²) in [5.41, 5.74) is 0.209. The molecule has 2 aliphatic carbocycles. The second-order valence-corrected chi connectivity index (χ2v) is 5.49. The lowest BCUT2D eigenvalue weighted by Gasteiger charge is -2.44. The minimum Gasteiger partial charge on any atom is -0.501 e. The van der Waals surface area contributed by atoms with E-state index >= 15 is 0 Å². The first kappa shape index (κ1) is 10.7. The van der Waals surface area contributed by atoms with Crippen LogP contribution in [0.15, 0.2) is 11.8 Å². The Balaban J connectivity index is 2.32. The van der Waals surface area contributed by atoms with Gasteiger partial charge in [0.1, 0.15) is 5.78 Å². The SMILES string of the molecule is COC1=CC2C(=O)CCCC2C(C)(C)C1. The number of hydrogen-bond acceptors (Lipinski definition) is 2. The summed E-state index contributed by atoms with van der Waals surface area (Å²) in [5, 5.41) is 0. The predicted octanol–water partition coefficient (Wildman–Crippen LogP) is 2.93. The minimum absolute atomic E-state index is 0.123. The van der Waals surface area contributed by atoms with Crippen molar-refractivity contribution in [3.05, 3.63) is 11.8 Å². The van der Waals surface area contributed by atoms with E-state index in [2.05, 4.69) is 19.9 Å². The van der Waals surface area contributed by atoms with Crippen LogP contribution in [0.4, 0.5) is 0 Å². The molecule has 0 heterocycles. The third-order valence-corrected chi connectivity index (χ3v) is 4.00. The van der Waals surface area contributed by atoms with E-state index in [1.807, 2.05) is 0 Å². The molecule has 2 rings (SSSR count). The fourth-order valence-electron chi connectivity index (χ4n) is 3.13. The number of rotatable bonds is 1. The van der Waals surface area contributed by atoms with Crippen molar-refractivity contribution in [1.29, 1.82) is 0 Å². The van der Waals surface area contributed by atoms with Gasteiger partial charge in [-0.3, -0.25) is 4.79 Å². The Morgan fingerprint density at radius 3 is 2.87 bits per heavy atom. The molecule has 15 heavy (non-hydrogen) atoms. The van der Waals surface area contributed by atoms with Crippen LogP contribution in [-0.2, 0) is 9.53 Å². The molecule has 0 radical (unpaired) electrons. The van der Waals surface area contributed by atoms with Gasteiger partial charge in [-0.05, 0) is 30.3 Å². The molecular formula is C13H20O2. The highest BCUT2D eigenvalue weighted by atomic mass is 16.5. The summed E-state index contributed by atoms with van der Waals surface area (Å²) < 4.78 is 5.33. The van der Waals surface area contributed by atoms with Crippen molar-refractivity contribution in [3.63, 3.8) is 0 Å². The molecule has 1 fully saturated rings. The zero-order chi connectivity index (χ0) is 11.1. The molecule has 0 aromatic rings. The first-order chi connectivity index (χ1) is 7.04. The Kier molecular flexibility index (Phi) is 2.61. The number of ketones is 1. The van der Waals surface area contributed by atoms with Gasteiger partial charge in [0.25, 0.3) is 0 Å². The average Bonchev–Trinajstić information content (AvgIpc) is 2.18. The van der Waals surface area contributed by atoms with Gasteiger partial charge in [0.2, 0.25) is 0 Å². The summed E-state index contributed by atoms with van der Waals surface area (Å²) >= 11 is 0. The number of Topliss-reactive ketones (excluding diaryl/α,β-unsaturated/α-hetero) is 1. The molecule has 0 amide bonds. The zero-order valence-corrected chi connectivity index (χ0v) is 9.88. The van der Waals surface area contributed by atoms with Gasteiger partial charge in [-0.2, -0.15) is 0 Å². The van der Waals surface area contributed by atoms with E-state index in [0.29, 0.717) is 11.7 Å². The monoisotopic (exact) mass is 208 g/mol. The van der Waals surface area contributed by atoms with Crippen molar-refractivity contribution in [2.75, 3.05) is 7.11 Å². The van der Waals surface area contributed by atoms with Crippen LogP contribution >= 0.6 is 0 Å². The number of ether oxygens (including phenoxy) is 1. The molecule has 84 valence electrons. The standard InChI is InChI=1S/C13H20O2/c1-13(2)8-9(15-3)7-10-11(13)5-4-6-12(10)14/h7,10-11H,4-6,8H2,1-3H3. The second kappa shape index (κ2) is 3.66. The lowest BCUT2D eigenvalue weighted by atomic mass is 9.60. The van der Waals surface area contributed by atoms with Crippen LogP contribution in [0.25, 0.3) is 0 Å². The third-order valence-electron chi connectivity index (χ3n) is 4.00. The van der Waals surface area contributed by atoms with Crippen LogP contribution in [0.2, 0.25) is 0 Å². The largest absolute Gasteiger partial charge is 0.501 e. The van der Waals surface area contributed by atoms with Crippen LogP contribution < -0.4 is 0 Å². The molecule has 2 atom stereocenters. The van der Waals surface area contributed by atoms with Gasteiger partial charge in [-0.15, -0.1) is 0 Å². The van der Waals surface area contributed by atoms with Gasteiger partial charge >= 0.3 is 0 Å². The van der Waals surface area contributed by atoms with E-state index in [1.54, 1.807) is 7.11 Å². The topological polar surface area (TPSA) is 26.3 Å². The molecule has 0 aliphatic heterocycles. The van der Waals surface area contributed by atoms with E-state index in [4.69, 9.17) is 4.74 Å². The number of carbonyl (C=O) groups excluding carboxylic acids is 1. The summed E-state index contributed by atoms with van der Waals surface area (Å²) in [7, 11) is 1.70. The molecule has 0 saturated heterocycles. The number of hydrogen-bond donors (Lipinski definition) is 0. The van der Waals surface area contributed by atoms with Gasteiger partial charge in [-0.1, -0.05) is 13.8 Å². The fraction of sp³-hybridized carbons (Fsp3) is 0.769. The predicted molar refractivity (Wildman–Crippen MR) is 59.3 cm³/mol.